The molecule has 0 spiro atoms. The summed E-state index contributed by atoms with van der Waals surface area (Å²) in [6, 6.07) is 14.0. The topological polar surface area (TPSA) is 140 Å². The van der Waals surface area contributed by atoms with Crippen LogP contribution in [0, 0.1) is 0 Å². The van der Waals surface area contributed by atoms with E-state index < -0.39 is 37.3 Å². The molecule has 0 bridgehead atoms. The van der Waals surface area contributed by atoms with Gasteiger partial charge in [-0.25, -0.2) is 0 Å². The summed E-state index contributed by atoms with van der Waals surface area (Å²) in [4.78, 5) is 0. The minimum Gasteiger partial charge on any atom is -0.508 e. The molecular weight excluding hydrogens is 428 g/mol. The Balaban J connectivity index is 1.58. The number of benzene rings is 2. The standard InChI is InChI=1S/C25H34O8/c26-15-21-22(29)23(30)24(31)25(33-21)32-20(14-9-17-7-12-19(28)13-8-17)4-2-1-3-16-5-10-18(27)11-6-16/h5-8,10-13,20-31H,1-4,9,14-15H2/t20?,21-,22-,23+,24-,25-/m1/s1. The smallest absolute Gasteiger partial charge is 0.186 e. The molecule has 0 saturated carbocycles. The molecule has 33 heavy (non-hydrogen) atoms. The summed E-state index contributed by atoms with van der Waals surface area (Å²) >= 11 is 0. The lowest BCUT2D eigenvalue weighted by Gasteiger charge is -2.41. The van der Waals surface area contributed by atoms with Gasteiger partial charge in [0.25, 0.3) is 0 Å². The number of hydrogen-bond acceptors (Lipinski definition) is 8. The first-order chi connectivity index (χ1) is 15.9. The molecule has 0 radical (unpaired) electrons. The molecule has 1 aliphatic rings. The zero-order valence-corrected chi connectivity index (χ0v) is 18.5. The fourth-order valence-electron chi connectivity index (χ4n) is 4.00. The summed E-state index contributed by atoms with van der Waals surface area (Å²) in [6.07, 6.45) is -2.22. The Bertz CT molecular complexity index is 823. The number of unbranched alkanes of at least 4 members (excludes halogenated alkanes) is 1. The highest BCUT2D eigenvalue weighted by Crippen LogP contribution is 2.26. The van der Waals surface area contributed by atoms with Crippen LogP contribution < -0.4 is 0 Å². The van der Waals surface area contributed by atoms with Gasteiger partial charge in [-0.1, -0.05) is 30.7 Å². The molecule has 2 aromatic rings. The van der Waals surface area contributed by atoms with Crippen molar-refractivity contribution < 1.29 is 40.1 Å². The number of aromatic hydroxyl groups is 2. The van der Waals surface area contributed by atoms with Gasteiger partial charge in [0.2, 0.25) is 0 Å². The van der Waals surface area contributed by atoms with E-state index in [2.05, 4.69) is 0 Å². The van der Waals surface area contributed by atoms with Gasteiger partial charge in [0.1, 0.15) is 35.9 Å². The van der Waals surface area contributed by atoms with Crippen molar-refractivity contribution in [1.82, 2.24) is 0 Å². The number of phenols is 2. The number of aliphatic hydroxyl groups excluding tert-OH is 4. The zero-order valence-electron chi connectivity index (χ0n) is 18.5. The van der Waals surface area contributed by atoms with Gasteiger partial charge in [-0.3, -0.25) is 0 Å². The van der Waals surface area contributed by atoms with E-state index in [1.807, 2.05) is 24.3 Å². The van der Waals surface area contributed by atoms with Crippen molar-refractivity contribution in [1.29, 1.82) is 0 Å². The molecule has 2 aromatic carbocycles. The molecule has 6 atom stereocenters. The van der Waals surface area contributed by atoms with Crippen LogP contribution in [0.1, 0.15) is 36.8 Å². The Hall–Kier alpha value is -2.20. The third kappa shape index (κ3) is 7.40. The molecule has 1 saturated heterocycles. The lowest BCUT2D eigenvalue weighted by molar-refractivity contribution is -0.312. The fraction of sp³-hybridized carbons (Fsp3) is 0.520. The van der Waals surface area contributed by atoms with Crippen LogP contribution in [0.4, 0.5) is 0 Å². The molecule has 1 aliphatic heterocycles. The maximum Gasteiger partial charge on any atom is 0.186 e. The maximum absolute atomic E-state index is 10.3. The van der Waals surface area contributed by atoms with E-state index >= 15 is 0 Å². The molecule has 1 fully saturated rings. The number of phenolic OH excluding ortho intramolecular Hbond substituents is 2. The third-order valence-corrected chi connectivity index (χ3v) is 6.04. The van der Waals surface area contributed by atoms with Crippen molar-refractivity contribution in [2.75, 3.05) is 6.61 Å². The van der Waals surface area contributed by atoms with Gasteiger partial charge < -0.3 is 40.1 Å². The van der Waals surface area contributed by atoms with Gasteiger partial charge in [-0.05, 0) is 67.5 Å². The van der Waals surface area contributed by atoms with Crippen LogP contribution in [0.5, 0.6) is 11.5 Å². The number of aryl methyl sites for hydroxylation is 2. The minimum absolute atomic E-state index is 0.196. The molecule has 3 rings (SSSR count). The van der Waals surface area contributed by atoms with E-state index in [0.29, 0.717) is 19.3 Å². The van der Waals surface area contributed by atoms with Crippen LogP contribution in [0.15, 0.2) is 48.5 Å². The summed E-state index contributed by atoms with van der Waals surface area (Å²) in [6.45, 7) is -0.504. The highest BCUT2D eigenvalue weighted by Gasteiger charge is 2.44. The molecule has 6 N–H and O–H groups in total. The highest BCUT2D eigenvalue weighted by molar-refractivity contribution is 5.26. The molecule has 0 aliphatic carbocycles. The molecular formula is C25H34O8. The van der Waals surface area contributed by atoms with E-state index in [4.69, 9.17) is 9.47 Å². The molecule has 8 heteroatoms. The first-order valence-corrected chi connectivity index (χ1v) is 11.4. The summed E-state index contributed by atoms with van der Waals surface area (Å²) < 4.78 is 11.6. The summed E-state index contributed by atoms with van der Waals surface area (Å²) in [5, 5.41) is 58.7. The number of aliphatic hydroxyl groups is 4. The van der Waals surface area contributed by atoms with E-state index in [0.717, 1.165) is 30.4 Å². The Labute approximate surface area is 193 Å². The van der Waals surface area contributed by atoms with E-state index in [9.17, 15) is 30.6 Å². The average molecular weight is 463 g/mol. The van der Waals surface area contributed by atoms with Crippen molar-refractivity contribution >= 4 is 0 Å². The van der Waals surface area contributed by atoms with E-state index in [1.165, 1.54) is 0 Å². The normalized spacial score (nSPS) is 26.2. The van der Waals surface area contributed by atoms with Crippen molar-refractivity contribution in [3.63, 3.8) is 0 Å². The Morgan fingerprint density at radius 3 is 1.88 bits per heavy atom. The highest BCUT2D eigenvalue weighted by atomic mass is 16.7. The van der Waals surface area contributed by atoms with Crippen molar-refractivity contribution in [3.8, 4) is 11.5 Å². The zero-order chi connectivity index (χ0) is 23.8. The van der Waals surface area contributed by atoms with Crippen LogP contribution in [-0.4, -0.2) is 74.1 Å². The molecule has 1 unspecified atom stereocenters. The van der Waals surface area contributed by atoms with E-state index in [1.54, 1.807) is 24.3 Å². The van der Waals surface area contributed by atoms with Gasteiger partial charge in [0.15, 0.2) is 6.29 Å². The third-order valence-electron chi connectivity index (χ3n) is 6.04. The van der Waals surface area contributed by atoms with Crippen LogP contribution >= 0.6 is 0 Å². The lowest BCUT2D eigenvalue weighted by atomic mass is 9.98. The Morgan fingerprint density at radius 2 is 1.30 bits per heavy atom. The van der Waals surface area contributed by atoms with E-state index in [-0.39, 0.29) is 17.6 Å². The second-order valence-corrected chi connectivity index (χ2v) is 8.57. The summed E-state index contributed by atoms with van der Waals surface area (Å²) in [7, 11) is 0. The Morgan fingerprint density at radius 1 is 0.727 bits per heavy atom. The number of ether oxygens (including phenoxy) is 2. The predicted octanol–water partition coefficient (Wildman–Crippen LogP) is 1.63. The molecule has 0 amide bonds. The quantitative estimate of drug-likeness (QED) is 0.277. The van der Waals surface area contributed by atoms with Gasteiger partial charge in [0.05, 0.1) is 12.7 Å². The molecule has 182 valence electrons. The van der Waals surface area contributed by atoms with Gasteiger partial charge in [-0.2, -0.15) is 0 Å². The fourth-order valence-corrected chi connectivity index (χ4v) is 4.00. The monoisotopic (exact) mass is 462 g/mol. The van der Waals surface area contributed by atoms with Crippen LogP contribution in [-0.2, 0) is 22.3 Å². The molecule has 8 nitrogen and oxygen atoms in total. The average Bonchev–Trinajstić information content (AvgIpc) is 2.82. The molecule has 0 aromatic heterocycles. The summed E-state index contributed by atoms with van der Waals surface area (Å²) in [5.74, 6) is 0.433. The van der Waals surface area contributed by atoms with Crippen molar-refractivity contribution in [2.45, 2.75) is 75.3 Å². The predicted molar refractivity (Wildman–Crippen MR) is 121 cm³/mol. The van der Waals surface area contributed by atoms with Crippen LogP contribution in [0.3, 0.4) is 0 Å². The van der Waals surface area contributed by atoms with Gasteiger partial charge >= 0.3 is 0 Å². The molecule has 1 heterocycles. The summed E-state index contributed by atoms with van der Waals surface area (Å²) in [5.41, 5.74) is 2.16. The lowest BCUT2D eigenvalue weighted by Crippen LogP contribution is -2.59. The Kier molecular flexibility index (Phi) is 9.49. The SMILES string of the molecule is OC[C@H]1O[C@@H](OC(CCCCc2ccc(O)cc2)CCc2ccc(O)cc2)[C@H](O)[C@@H](O)[C@@H]1O. The van der Waals surface area contributed by atoms with Crippen LogP contribution in [0.25, 0.3) is 0 Å². The van der Waals surface area contributed by atoms with Crippen molar-refractivity contribution in [3.05, 3.63) is 59.7 Å². The first kappa shape index (κ1) is 25.4. The second-order valence-electron chi connectivity index (χ2n) is 8.57. The van der Waals surface area contributed by atoms with Gasteiger partial charge in [-0.15, -0.1) is 0 Å². The minimum atomic E-state index is -1.48. The first-order valence-electron chi connectivity index (χ1n) is 11.4. The largest absolute Gasteiger partial charge is 0.508 e. The maximum atomic E-state index is 10.3. The van der Waals surface area contributed by atoms with Gasteiger partial charge in [0, 0.05) is 0 Å². The van der Waals surface area contributed by atoms with Crippen molar-refractivity contribution in [2.24, 2.45) is 0 Å². The number of hydrogen-bond donors (Lipinski definition) is 6. The number of rotatable bonds is 11. The van der Waals surface area contributed by atoms with Crippen LogP contribution in [0.2, 0.25) is 0 Å². The second kappa shape index (κ2) is 12.3.